The van der Waals surface area contributed by atoms with E-state index >= 15 is 0 Å². The third-order valence-corrected chi connectivity index (χ3v) is 5.75. The first-order valence-corrected chi connectivity index (χ1v) is 8.38. The molecule has 4 heteroatoms. The summed E-state index contributed by atoms with van der Waals surface area (Å²) in [6.07, 6.45) is 5.74. The van der Waals surface area contributed by atoms with Crippen molar-refractivity contribution >= 4 is 5.97 Å². The summed E-state index contributed by atoms with van der Waals surface area (Å²) in [5, 5.41) is 0. The number of carbonyl (C=O) groups is 1. The Labute approximate surface area is 138 Å². The lowest BCUT2D eigenvalue weighted by Crippen LogP contribution is -2.37. The second-order valence-corrected chi connectivity index (χ2v) is 6.79. The van der Waals surface area contributed by atoms with Crippen LogP contribution in [-0.2, 0) is 24.4 Å². The summed E-state index contributed by atoms with van der Waals surface area (Å²) in [6, 6.07) is 8.56. The first kappa shape index (κ1) is 16.5. The Morgan fingerprint density at radius 3 is 1.96 bits per heavy atom. The maximum Gasteiger partial charge on any atom is 0.316 e. The van der Waals surface area contributed by atoms with Crippen LogP contribution in [0.15, 0.2) is 24.3 Å². The lowest BCUT2D eigenvalue weighted by Gasteiger charge is -2.38. The fourth-order valence-electron chi connectivity index (χ4n) is 3.89. The molecule has 2 fully saturated rings. The van der Waals surface area contributed by atoms with E-state index < -0.39 is 5.79 Å². The molecule has 0 atom stereocenters. The van der Waals surface area contributed by atoms with Crippen LogP contribution in [-0.4, -0.2) is 33.1 Å². The topological polar surface area (TPSA) is 44.8 Å². The van der Waals surface area contributed by atoms with Crippen LogP contribution in [0.4, 0.5) is 0 Å². The van der Waals surface area contributed by atoms with Gasteiger partial charge in [0.2, 0.25) is 0 Å². The lowest BCUT2D eigenvalue weighted by molar-refractivity contribution is -0.224. The predicted molar refractivity (Wildman–Crippen MR) is 87.3 cm³/mol. The molecule has 1 aromatic carbocycles. The normalized spacial score (nSPS) is 22.6. The maximum absolute atomic E-state index is 12.0. The monoisotopic (exact) mass is 318 g/mol. The molecule has 23 heavy (non-hydrogen) atoms. The number of esters is 1. The highest BCUT2D eigenvalue weighted by Gasteiger charge is 2.52. The molecule has 2 saturated carbocycles. The first-order valence-electron chi connectivity index (χ1n) is 8.38. The number of ether oxygens (including phenoxy) is 3. The van der Waals surface area contributed by atoms with Crippen molar-refractivity contribution in [3.8, 4) is 0 Å². The highest BCUT2D eigenvalue weighted by atomic mass is 16.7. The van der Waals surface area contributed by atoms with Crippen molar-refractivity contribution in [3.63, 3.8) is 0 Å². The van der Waals surface area contributed by atoms with E-state index in [-0.39, 0.29) is 11.4 Å². The number of hydrogen-bond acceptors (Lipinski definition) is 4. The summed E-state index contributed by atoms with van der Waals surface area (Å²) < 4.78 is 16.1. The molecule has 126 valence electrons. The Morgan fingerprint density at radius 1 is 0.957 bits per heavy atom. The molecular weight excluding hydrogens is 292 g/mol. The van der Waals surface area contributed by atoms with Crippen molar-refractivity contribution in [2.75, 3.05) is 21.3 Å². The van der Waals surface area contributed by atoms with Gasteiger partial charge in [0.25, 0.3) is 0 Å². The molecular formula is C19H26O4. The molecule has 0 spiro atoms. The van der Waals surface area contributed by atoms with E-state index in [9.17, 15) is 4.79 Å². The minimum absolute atomic E-state index is 0.104. The molecule has 2 aliphatic rings. The van der Waals surface area contributed by atoms with Crippen molar-refractivity contribution in [2.45, 2.75) is 55.6 Å². The van der Waals surface area contributed by atoms with Crippen LogP contribution < -0.4 is 0 Å². The second-order valence-electron chi connectivity index (χ2n) is 6.79. The van der Waals surface area contributed by atoms with E-state index in [0.717, 1.165) is 44.1 Å². The van der Waals surface area contributed by atoms with Gasteiger partial charge in [-0.05, 0) is 42.7 Å². The molecule has 0 amide bonds. The Kier molecular flexibility index (Phi) is 4.47. The van der Waals surface area contributed by atoms with Crippen LogP contribution in [0, 0.1) is 0 Å². The van der Waals surface area contributed by atoms with Gasteiger partial charge in [-0.25, -0.2) is 0 Å². The molecule has 0 N–H and O–H groups in total. The molecule has 0 aromatic heterocycles. The standard InChI is InChI=1S/C19H26O4/c1-21-17(20)18(12-13-18)16-6-4-14(5-7-16)15-8-10-19(22-2,23-3)11-9-15/h4-7,15H,8-13H2,1-3H3. The van der Waals surface area contributed by atoms with Crippen molar-refractivity contribution in [1.29, 1.82) is 0 Å². The smallest absolute Gasteiger partial charge is 0.316 e. The quantitative estimate of drug-likeness (QED) is 0.615. The van der Waals surface area contributed by atoms with E-state index in [4.69, 9.17) is 14.2 Å². The van der Waals surface area contributed by atoms with Gasteiger partial charge in [0.1, 0.15) is 0 Å². The van der Waals surface area contributed by atoms with Gasteiger partial charge in [-0.3, -0.25) is 4.79 Å². The molecule has 0 unspecified atom stereocenters. The molecule has 0 bridgehead atoms. The van der Waals surface area contributed by atoms with Gasteiger partial charge in [0.05, 0.1) is 12.5 Å². The van der Waals surface area contributed by atoms with Gasteiger partial charge in [0.15, 0.2) is 5.79 Å². The van der Waals surface area contributed by atoms with Crippen LogP contribution in [0.2, 0.25) is 0 Å². The van der Waals surface area contributed by atoms with Crippen molar-refractivity contribution < 1.29 is 19.0 Å². The fourth-order valence-corrected chi connectivity index (χ4v) is 3.89. The average Bonchev–Trinajstić information content (AvgIpc) is 3.43. The van der Waals surface area contributed by atoms with Crippen LogP contribution >= 0.6 is 0 Å². The summed E-state index contributed by atoms with van der Waals surface area (Å²) in [6.45, 7) is 0. The second kappa shape index (κ2) is 6.25. The van der Waals surface area contributed by atoms with Crippen LogP contribution in [0.5, 0.6) is 0 Å². The molecule has 2 aliphatic carbocycles. The van der Waals surface area contributed by atoms with E-state index in [2.05, 4.69) is 24.3 Å². The van der Waals surface area contributed by atoms with E-state index in [0.29, 0.717) is 5.92 Å². The third-order valence-electron chi connectivity index (χ3n) is 5.75. The number of carbonyl (C=O) groups excluding carboxylic acids is 1. The molecule has 3 rings (SSSR count). The zero-order chi connectivity index (χ0) is 16.5. The Morgan fingerprint density at radius 2 is 1.52 bits per heavy atom. The largest absolute Gasteiger partial charge is 0.468 e. The predicted octanol–water partition coefficient (Wildman–Crippen LogP) is 3.54. The average molecular weight is 318 g/mol. The van der Waals surface area contributed by atoms with Gasteiger partial charge in [0, 0.05) is 27.1 Å². The minimum Gasteiger partial charge on any atom is -0.468 e. The number of methoxy groups -OCH3 is 3. The van der Waals surface area contributed by atoms with Crippen LogP contribution in [0.1, 0.15) is 55.6 Å². The van der Waals surface area contributed by atoms with E-state index in [1.165, 1.54) is 12.7 Å². The van der Waals surface area contributed by atoms with Crippen molar-refractivity contribution in [1.82, 2.24) is 0 Å². The highest BCUT2D eigenvalue weighted by molar-refractivity contribution is 5.86. The number of rotatable bonds is 5. The van der Waals surface area contributed by atoms with Crippen molar-refractivity contribution in [2.24, 2.45) is 0 Å². The fraction of sp³-hybridized carbons (Fsp3) is 0.632. The SMILES string of the molecule is COC(=O)C1(c2ccc(C3CCC(OC)(OC)CC3)cc2)CC1. The molecule has 0 aliphatic heterocycles. The Bertz CT molecular complexity index is 545. The summed E-state index contributed by atoms with van der Waals surface area (Å²) >= 11 is 0. The molecule has 0 saturated heterocycles. The number of benzene rings is 1. The minimum atomic E-state index is -0.403. The lowest BCUT2D eigenvalue weighted by atomic mass is 9.80. The van der Waals surface area contributed by atoms with Gasteiger partial charge in [-0.15, -0.1) is 0 Å². The van der Waals surface area contributed by atoms with E-state index in [1.807, 2.05) is 0 Å². The van der Waals surface area contributed by atoms with Crippen LogP contribution in [0.3, 0.4) is 0 Å². The van der Waals surface area contributed by atoms with Gasteiger partial charge < -0.3 is 14.2 Å². The summed E-state index contributed by atoms with van der Waals surface area (Å²) in [7, 11) is 4.91. The zero-order valence-electron chi connectivity index (χ0n) is 14.3. The zero-order valence-corrected chi connectivity index (χ0v) is 14.3. The molecule has 1 aromatic rings. The molecule has 4 nitrogen and oxygen atoms in total. The first-order chi connectivity index (χ1) is 11.1. The molecule has 0 heterocycles. The van der Waals surface area contributed by atoms with Gasteiger partial charge in [-0.1, -0.05) is 24.3 Å². The molecule has 0 radical (unpaired) electrons. The number of hydrogen-bond donors (Lipinski definition) is 0. The summed E-state index contributed by atoms with van der Waals surface area (Å²) in [5.41, 5.74) is 2.06. The maximum atomic E-state index is 12.0. The van der Waals surface area contributed by atoms with E-state index in [1.54, 1.807) is 14.2 Å². The Hall–Kier alpha value is -1.39. The van der Waals surface area contributed by atoms with Gasteiger partial charge >= 0.3 is 5.97 Å². The Balaban J connectivity index is 1.68. The van der Waals surface area contributed by atoms with Gasteiger partial charge in [-0.2, -0.15) is 0 Å². The third kappa shape index (κ3) is 2.90. The van der Waals surface area contributed by atoms with Crippen molar-refractivity contribution in [3.05, 3.63) is 35.4 Å². The van der Waals surface area contributed by atoms with Crippen LogP contribution in [0.25, 0.3) is 0 Å². The highest BCUT2D eigenvalue weighted by Crippen LogP contribution is 2.49. The summed E-state index contributed by atoms with van der Waals surface area (Å²) in [4.78, 5) is 12.0. The summed E-state index contributed by atoms with van der Waals surface area (Å²) in [5.74, 6) is 0.0306.